The van der Waals surface area contributed by atoms with Crippen LogP contribution in [0.4, 0.5) is 5.95 Å². The molecule has 0 aliphatic heterocycles. The van der Waals surface area contributed by atoms with Crippen molar-refractivity contribution < 1.29 is 0 Å². The Labute approximate surface area is 136 Å². The van der Waals surface area contributed by atoms with Crippen LogP contribution in [-0.2, 0) is 5.41 Å². The van der Waals surface area contributed by atoms with E-state index in [9.17, 15) is 0 Å². The SMILES string of the molecule is S=C(NCC1(c2ccccc2)CCCC1)Nc1ncccn1. The Bertz CT molecular complexity index is 609. The van der Waals surface area contributed by atoms with Crippen LogP contribution >= 0.6 is 12.2 Å². The fourth-order valence-corrected chi connectivity index (χ4v) is 3.33. The number of hydrogen-bond acceptors (Lipinski definition) is 3. The molecular formula is C17H20N4S. The summed E-state index contributed by atoms with van der Waals surface area (Å²) in [5.74, 6) is 0.528. The van der Waals surface area contributed by atoms with Crippen molar-refractivity contribution in [3.63, 3.8) is 0 Å². The van der Waals surface area contributed by atoms with Gasteiger partial charge >= 0.3 is 0 Å². The van der Waals surface area contributed by atoms with Gasteiger partial charge in [-0.25, -0.2) is 9.97 Å². The molecule has 0 spiro atoms. The average molecular weight is 312 g/mol. The van der Waals surface area contributed by atoms with Crippen molar-refractivity contribution in [2.75, 3.05) is 11.9 Å². The van der Waals surface area contributed by atoms with Gasteiger partial charge in [0.15, 0.2) is 5.11 Å². The van der Waals surface area contributed by atoms with Gasteiger partial charge in [-0.2, -0.15) is 0 Å². The van der Waals surface area contributed by atoms with Crippen molar-refractivity contribution >= 4 is 23.3 Å². The molecule has 114 valence electrons. The first kappa shape index (κ1) is 14.9. The molecule has 1 fully saturated rings. The Hall–Kier alpha value is -2.01. The van der Waals surface area contributed by atoms with E-state index in [1.807, 2.05) is 0 Å². The fraction of sp³-hybridized carbons (Fsp3) is 0.353. The molecule has 2 aromatic rings. The van der Waals surface area contributed by atoms with Crippen LogP contribution in [0.25, 0.3) is 0 Å². The Morgan fingerprint density at radius 2 is 1.73 bits per heavy atom. The van der Waals surface area contributed by atoms with Crippen molar-refractivity contribution in [1.82, 2.24) is 15.3 Å². The molecule has 1 heterocycles. The number of nitrogens with one attached hydrogen (secondary N) is 2. The number of aromatic nitrogens is 2. The highest BCUT2D eigenvalue weighted by Gasteiger charge is 2.35. The Morgan fingerprint density at radius 1 is 1.05 bits per heavy atom. The number of anilines is 1. The Kier molecular flexibility index (Phi) is 4.63. The molecule has 0 atom stereocenters. The molecule has 1 aliphatic rings. The molecule has 0 unspecified atom stereocenters. The van der Waals surface area contributed by atoms with E-state index in [4.69, 9.17) is 12.2 Å². The average Bonchev–Trinajstić information content (AvgIpc) is 3.05. The van der Waals surface area contributed by atoms with E-state index in [1.54, 1.807) is 18.5 Å². The first-order valence-electron chi connectivity index (χ1n) is 7.66. The lowest BCUT2D eigenvalue weighted by Crippen LogP contribution is -2.41. The minimum Gasteiger partial charge on any atom is -0.361 e. The highest BCUT2D eigenvalue weighted by atomic mass is 32.1. The number of rotatable bonds is 4. The van der Waals surface area contributed by atoms with E-state index in [2.05, 4.69) is 50.9 Å². The fourth-order valence-electron chi connectivity index (χ4n) is 3.17. The summed E-state index contributed by atoms with van der Waals surface area (Å²) in [5.41, 5.74) is 1.59. The van der Waals surface area contributed by atoms with Gasteiger partial charge in [-0.05, 0) is 36.7 Å². The third kappa shape index (κ3) is 3.42. The molecule has 1 aromatic heterocycles. The van der Waals surface area contributed by atoms with Crippen LogP contribution in [0.3, 0.4) is 0 Å². The molecule has 0 bridgehead atoms. The first-order chi connectivity index (χ1) is 10.8. The molecule has 2 N–H and O–H groups in total. The zero-order chi connectivity index (χ0) is 15.3. The van der Waals surface area contributed by atoms with Gasteiger partial charge in [0.2, 0.25) is 5.95 Å². The summed E-state index contributed by atoms with van der Waals surface area (Å²) in [7, 11) is 0. The number of benzene rings is 1. The first-order valence-corrected chi connectivity index (χ1v) is 8.07. The highest BCUT2D eigenvalue weighted by molar-refractivity contribution is 7.80. The molecule has 0 saturated heterocycles. The third-order valence-corrected chi connectivity index (χ3v) is 4.57. The monoisotopic (exact) mass is 312 g/mol. The van der Waals surface area contributed by atoms with E-state index >= 15 is 0 Å². The van der Waals surface area contributed by atoms with E-state index in [1.165, 1.54) is 31.2 Å². The summed E-state index contributed by atoms with van der Waals surface area (Å²) in [6, 6.07) is 12.5. The van der Waals surface area contributed by atoms with E-state index < -0.39 is 0 Å². The smallest absolute Gasteiger partial charge is 0.228 e. The molecule has 22 heavy (non-hydrogen) atoms. The van der Waals surface area contributed by atoms with Crippen LogP contribution in [0.5, 0.6) is 0 Å². The summed E-state index contributed by atoms with van der Waals surface area (Å²) in [6.07, 6.45) is 8.35. The molecule has 1 aliphatic carbocycles. The quantitative estimate of drug-likeness (QED) is 0.849. The predicted octanol–water partition coefficient (Wildman–Crippen LogP) is 3.28. The second kappa shape index (κ2) is 6.83. The van der Waals surface area contributed by atoms with Crippen LogP contribution in [0, 0.1) is 0 Å². The number of hydrogen-bond donors (Lipinski definition) is 2. The molecular weight excluding hydrogens is 292 g/mol. The van der Waals surface area contributed by atoms with Gasteiger partial charge < -0.3 is 10.6 Å². The topological polar surface area (TPSA) is 49.8 Å². The molecule has 4 nitrogen and oxygen atoms in total. The van der Waals surface area contributed by atoms with Gasteiger partial charge in [0.05, 0.1) is 0 Å². The second-order valence-corrected chi connectivity index (χ2v) is 6.14. The van der Waals surface area contributed by atoms with E-state index in [0.29, 0.717) is 11.1 Å². The lowest BCUT2D eigenvalue weighted by atomic mass is 9.79. The maximum atomic E-state index is 5.37. The second-order valence-electron chi connectivity index (χ2n) is 5.73. The Morgan fingerprint density at radius 3 is 2.41 bits per heavy atom. The van der Waals surface area contributed by atoms with Crippen LogP contribution in [0.1, 0.15) is 31.2 Å². The van der Waals surface area contributed by atoms with Crippen LogP contribution in [0.2, 0.25) is 0 Å². The zero-order valence-electron chi connectivity index (χ0n) is 12.5. The molecule has 3 rings (SSSR count). The molecule has 5 heteroatoms. The normalized spacial score (nSPS) is 16.2. The van der Waals surface area contributed by atoms with Gasteiger partial charge in [-0.15, -0.1) is 0 Å². The summed E-state index contributed by atoms with van der Waals surface area (Å²) in [4.78, 5) is 8.25. The zero-order valence-corrected chi connectivity index (χ0v) is 13.3. The summed E-state index contributed by atoms with van der Waals surface area (Å²) >= 11 is 5.37. The van der Waals surface area contributed by atoms with E-state index in [0.717, 1.165) is 6.54 Å². The largest absolute Gasteiger partial charge is 0.361 e. The standard InChI is InChI=1S/C17H20N4S/c22-16(21-15-18-11-6-12-19-15)20-13-17(9-4-5-10-17)14-7-2-1-3-8-14/h1-3,6-8,11-12H,4-5,9-10,13H2,(H2,18,19,20,21,22). The van der Waals surface area contributed by atoms with Crippen LogP contribution in [-0.4, -0.2) is 21.6 Å². The minimum absolute atomic E-state index is 0.185. The van der Waals surface area contributed by atoms with E-state index in [-0.39, 0.29) is 5.41 Å². The van der Waals surface area contributed by atoms with Crippen molar-refractivity contribution in [3.8, 4) is 0 Å². The molecule has 1 aromatic carbocycles. The van der Waals surface area contributed by atoms with Gasteiger partial charge in [-0.1, -0.05) is 43.2 Å². The maximum absolute atomic E-state index is 5.37. The summed E-state index contributed by atoms with van der Waals surface area (Å²) in [5, 5.41) is 6.96. The highest BCUT2D eigenvalue weighted by Crippen LogP contribution is 2.40. The minimum atomic E-state index is 0.185. The van der Waals surface area contributed by atoms with Gasteiger partial charge in [0.25, 0.3) is 0 Å². The summed E-state index contributed by atoms with van der Waals surface area (Å²) in [6.45, 7) is 0.843. The Balaban J connectivity index is 1.64. The number of thiocarbonyl (C=S) groups is 1. The molecule has 0 amide bonds. The lowest BCUT2D eigenvalue weighted by Gasteiger charge is -2.30. The van der Waals surface area contributed by atoms with Crippen molar-refractivity contribution in [2.45, 2.75) is 31.1 Å². The predicted molar refractivity (Wildman–Crippen MR) is 92.8 cm³/mol. The van der Waals surface area contributed by atoms with Crippen LogP contribution < -0.4 is 10.6 Å². The lowest BCUT2D eigenvalue weighted by molar-refractivity contribution is 0.435. The van der Waals surface area contributed by atoms with Crippen molar-refractivity contribution in [3.05, 3.63) is 54.4 Å². The van der Waals surface area contributed by atoms with Crippen molar-refractivity contribution in [1.29, 1.82) is 0 Å². The molecule has 0 radical (unpaired) electrons. The van der Waals surface area contributed by atoms with Gasteiger partial charge in [0.1, 0.15) is 0 Å². The third-order valence-electron chi connectivity index (χ3n) is 4.33. The molecule has 1 saturated carbocycles. The van der Waals surface area contributed by atoms with Gasteiger partial charge in [-0.3, -0.25) is 0 Å². The number of nitrogens with zero attached hydrogens (tertiary/aromatic N) is 2. The maximum Gasteiger partial charge on any atom is 0.228 e. The van der Waals surface area contributed by atoms with Crippen molar-refractivity contribution in [2.24, 2.45) is 0 Å². The van der Waals surface area contributed by atoms with Crippen LogP contribution in [0.15, 0.2) is 48.8 Å². The summed E-state index contributed by atoms with van der Waals surface area (Å²) < 4.78 is 0. The van der Waals surface area contributed by atoms with Gasteiger partial charge in [0, 0.05) is 24.4 Å².